The van der Waals surface area contributed by atoms with Gasteiger partial charge in [-0.3, -0.25) is 4.90 Å². The molecule has 3 heterocycles. The van der Waals surface area contributed by atoms with Crippen molar-refractivity contribution < 1.29 is 41.0 Å². The van der Waals surface area contributed by atoms with Crippen molar-refractivity contribution in [1.29, 1.82) is 0 Å². The Morgan fingerprint density at radius 1 is 1.19 bits per heavy atom. The number of halogens is 3. The van der Waals surface area contributed by atoms with E-state index in [4.69, 9.17) is 19.4 Å². The van der Waals surface area contributed by atoms with Crippen LogP contribution in [-0.4, -0.2) is 81.4 Å². The van der Waals surface area contributed by atoms with Gasteiger partial charge in [-0.15, -0.1) is 11.3 Å². The van der Waals surface area contributed by atoms with Gasteiger partial charge in [0.25, 0.3) is 0 Å². The number of benzene rings is 1. The third-order valence-electron chi connectivity index (χ3n) is 6.18. The number of nitrogens with zero attached hydrogens (tertiary/aromatic N) is 2. The summed E-state index contributed by atoms with van der Waals surface area (Å²) in [6.07, 6.45) is -3.25. The molecule has 1 aromatic carbocycles. The highest BCUT2D eigenvalue weighted by Gasteiger charge is 2.42. The Balaban J connectivity index is 0.000000454. The van der Waals surface area contributed by atoms with Gasteiger partial charge in [-0.05, 0) is 49.5 Å². The number of para-hydroxylation sites is 1. The molecular weight excluding hydrogens is 521 g/mol. The second-order valence-corrected chi connectivity index (χ2v) is 11.7. The third kappa shape index (κ3) is 7.19. The number of thiophene rings is 1. The second-order valence-electron chi connectivity index (χ2n) is 8.73. The zero-order valence-electron chi connectivity index (χ0n) is 19.7. The number of aliphatic carboxylic acids is 1. The van der Waals surface area contributed by atoms with Crippen molar-refractivity contribution in [2.75, 3.05) is 46.5 Å². The Bertz CT molecular complexity index is 1100. The van der Waals surface area contributed by atoms with Gasteiger partial charge in [0.15, 0.2) is 0 Å². The molecule has 1 fully saturated rings. The van der Waals surface area contributed by atoms with Crippen LogP contribution < -0.4 is 4.74 Å². The molecule has 1 saturated heterocycles. The van der Waals surface area contributed by atoms with Crippen LogP contribution >= 0.6 is 11.3 Å². The van der Waals surface area contributed by atoms with Crippen LogP contribution in [0.25, 0.3) is 0 Å². The van der Waals surface area contributed by atoms with E-state index in [-0.39, 0.29) is 10.3 Å². The predicted molar refractivity (Wildman–Crippen MR) is 128 cm³/mol. The van der Waals surface area contributed by atoms with E-state index >= 15 is 0 Å². The van der Waals surface area contributed by atoms with Gasteiger partial charge in [0.1, 0.15) is 10.6 Å². The van der Waals surface area contributed by atoms with Gasteiger partial charge in [-0.1, -0.05) is 18.2 Å². The Labute approximate surface area is 212 Å². The zero-order chi connectivity index (χ0) is 26.4. The number of sulfonamides is 1. The van der Waals surface area contributed by atoms with Crippen LogP contribution in [0.1, 0.15) is 17.7 Å². The van der Waals surface area contributed by atoms with Crippen LogP contribution in [0.3, 0.4) is 0 Å². The van der Waals surface area contributed by atoms with E-state index in [1.807, 2.05) is 6.07 Å². The maximum absolute atomic E-state index is 13.4. The maximum atomic E-state index is 13.4. The number of likely N-dealkylation sites (tertiary alicyclic amines) is 1. The number of rotatable bonds is 5. The summed E-state index contributed by atoms with van der Waals surface area (Å²) in [5, 5.41) is 9.24. The lowest BCUT2D eigenvalue weighted by molar-refractivity contribution is -0.192. The average molecular weight is 551 g/mol. The van der Waals surface area contributed by atoms with Gasteiger partial charge < -0.3 is 14.6 Å². The molecule has 1 aromatic heterocycles. The molecule has 0 bridgehead atoms. The Morgan fingerprint density at radius 2 is 1.86 bits per heavy atom. The molecule has 8 nitrogen and oxygen atoms in total. The van der Waals surface area contributed by atoms with Crippen LogP contribution in [0, 0.1) is 5.41 Å². The van der Waals surface area contributed by atoms with E-state index in [9.17, 15) is 21.6 Å². The summed E-state index contributed by atoms with van der Waals surface area (Å²) < 4.78 is 71.4. The minimum atomic E-state index is -5.08. The number of alkyl halides is 3. The van der Waals surface area contributed by atoms with Crippen molar-refractivity contribution >= 4 is 27.3 Å². The van der Waals surface area contributed by atoms with Crippen LogP contribution in [0.5, 0.6) is 5.75 Å². The lowest BCUT2D eigenvalue weighted by atomic mass is 9.78. The monoisotopic (exact) mass is 550 g/mol. The lowest BCUT2D eigenvalue weighted by Crippen LogP contribution is -2.51. The van der Waals surface area contributed by atoms with E-state index in [0.717, 1.165) is 32.5 Å². The molecule has 0 atom stereocenters. The first-order chi connectivity index (χ1) is 17.0. The molecule has 2 aromatic rings. The fourth-order valence-electron chi connectivity index (χ4n) is 4.16. The molecule has 1 spiro atoms. The van der Waals surface area contributed by atoms with Gasteiger partial charge >= 0.3 is 12.1 Å². The van der Waals surface area contributed by atoms with E-state index in [1.54, 1.807) is 41.0 Å². The molecule has 2 aliphatic heterocycles. The van der Waals surface area contributed by atoms with Gasteiger partial charge in [0, 0.05) is 37.0 Å². The van der Waals surface area contributed by atoms with Crippen molar-refractivity contribution in [2.45, 2.75) is 30.5 Å². The summed E-state index contributed by atoms with van der Waals surface area (Å²) in [7, 11) is -2.02. The molecule has 2 aliphatic rings. The number of carbonyl (C=O) groups is 1. The highest BCUT2D eigenvalue weighted by atomic mass is 32.2. The number of hydrogen-bond donors (Lipinski definition) is 1. The van der Waals surface area contributed by atoms with Crippen molar-refractivity contribution in [3.63, 3.8) is 0 Å². The molecule has 0 unspecified atom stereocenters. The van der Waals surface area contributed by atoms with Gasteiger partial charge in [-0.2, -0.15) is 17.5 Å². The molecule has 0 aliphatic carbocycles. The first-order valence-electron chi connectivity index (χ1n) is 11.2. The largest absolute Gasteiger partial charge is 0.492 e. The number of piperidine rings is 1. The first-order valence-corrected chi connectivity index (χ1v) is 13.5. The van der Waals surface area contributed by atoms with Crippen LogP contribution in [-0.2, 0) is 26.1 Å². The number of hydrogen-bond acceptors (Lipinski definition) is 7. The number of carboxylic acid groups (broad SMARTS) is 1. The van der Waals surface area contributed by atoms with E-state index in [0.29, 0.717) is 32.1 Å². The van der Waals surface area contributed by atoms with E-state index in [1.165, 1.54) is 4.88 Å². The molecule has 200 valence electrons. The summed E-state index contributed by atoms with van der Waals surface area (Å²) in [6.45, 7) is 4.59. The Kier molecular flexibility index (Phi) is 9.39. The smallest absolute Gasteiger partial charge is 0.490 e. The van der Waals surface area contributed by atoms with Gasteiger partial charge in [-0.25, -0.2) is 13.2 Å². The molecule has 36 heavy (non-hydrogen) atoms. The molecule has 0 amide bonds. The molecule has 13 heteroatoms. The zero-order valence-corrected chi connectivity index (χ0v) is 21.4. The number of ether oxygens (including phenoxy) is 2. The van der Waals surface area contributed by atoms with Crippen molar-refractivity contribution in [2.24, 2.45) is 5.41 Å². The van der Waals surface area contributed by atoms with Crippen LogP contribution in [0.4, 0.5) is 13.2 Å². The summed E-state index contributed by atoms with van der Waals surface area (Å²) in [5.74, 6) is -2.30. The van der Waals surface area contributed by atoms with Crippen LogP contribution in [0.2, 0.25) is 0 Å². The van der Waals surface area contributed by atoms with E-state index < -0.39 is 22.2 Å². The fourth-order valence-corrected chi connectivity index (χ4v) is 6.58. The van der Waals surface area contributed by atoms with Crippen molar-refractivity contribution in [1.82, 2.24) is 9.21 Å². The summed E-state index contributed by atoms with van der Waals surface area (Å²) in [6, 6.07) is 11.2. The van der Waals surface area contributed by atoms with Gasteiger partial charge in [0.2, 0.25) is 10.0 Å². The molecule has 0 radical (unpaired) electrons. The van der Waals surface area contributed by atoms with Crippen molar-refractivity contribution in [3.05, 3.63) is 46.7 Å². The lowest BCUT2D eigenvalue weighted by Gasteiger charge is -2.45. The maximum Gasteiger partial charge on any atom is 0.490 e. The summed E-state index contributed by atoms with van der Waals surface area (Å²) >= 11 is 1.78. The SMILES string of the molecule is COCCN1CC2(CCN(Cc3cccs3)CC2)COc2ccccc2S1(=O)=O.O=C(O)C(F)(F)F. The quantitative estimate of drug-likeness (QED) is 0.607. The highest BCUT2D eigenvalue weighted by molar-refractivity contribution is 7.89. The summed E-state index contributed by atoms with van der Waals surface area (Å²) in [5.41, 5.74) is -0.180. The van der Waals surface area contributed by atoms with Crippen molar-refractivity contribution in [3.8, 4) is 5.75 Å². The Hall–Kier alpha value is -2.19. The normalized spacial score (nSPS) is 19.8. The Morgan fingerprint density at radius 3 is 2.44 bits per heavy atom. The van der Waals surface area contributed by atoms with Gasteiger partial charge in [0.05, 0.1) is 13.2 Å². The first kappa shape index (κ1) is 28.4. The molecule has 4 rings (SSSR count). The van der Waals surface area contributed by atoms with E-state index in [2.05, 4.69) is 22.4 Å². The predicted octanol–water partition coefficient (Wildman–Crippen LogP) is 3.69. The average Bonchev–Trinajstić information content (AvgIpc) is 3.34. The minimum Gasteiger partial charge on any atom is -0.492 e. The summed E-state index contributed by atoms with van der Waals surface area (Å²) in [4.78, 5) is 13.0. The molecule has 1 N–H and O–H groups in total. The highest BCUT2D eigenvalue weighted by Crippen LogP contribution is 2.39. The fraction of sp³-hybridized carbons (Fsp3) is 0.522. The standard InChI is InChI=1S/C21H28N2O4S2.C2HF3O2/c1-26-13-12-23-16-21(8-10-22(11-9-21)15-18-5-4-14-28-18)17-27-19-6-2-3-7-20(19)29(23,24)25;3-2(4,5)1(6)7/h2-7,14H,8-13,15-17H2,1H3;(H,6,7). The molecular formula is C23H29F3N2O6S2. The topological polar surface area (TPSA) is 96.4 Å². The number of fused-ring (bicyclic) bond motifs is 1. The number of methoxy groups -OCH3 is 1. The molecule has 0 saturated carbocycles. The number of carboxylic acids is 1. The van der Waals surface area contributed by atoms with Crippen LogP contribution in [0.15, 0.2) is 46.7 Å². The minimum absolute atomic E-state index is 0.180. The second kappa shape index (κ2) is 11.9. The third-order valence-corrected chi connectivity index (χ3v) is 8.92.